The Kier molecular flexibility index (Phi) is 3.17. The molecule has 0 saturated carbocycles. The van der Waals surface area contributed by atoms with Crippen molar-refractivity contribution in [1.82, 2.24) is 0 Å². The van der Waals surface area contributed by atoms with Crippen LogP contribution in [0.15, 0.2) is 47.9 Å². The SMILES string of the molecule is O=C(O)/C=C/c1ccccc1-c1cccs1. The lowest BCUT2D eigenvalue weighted by molar-refractivity contribution is -0.131. The molecule has 1 aromatic carbocycles. The van der Waals surface area contributed by atoms with E-state index in [0.717, 1.165) is 22.1 Å². The first-order chi connectivity index (χ1) is 7.77. The highest BCUT2D eigenvalue weighted by Crippen LogP contribution is 2.28. The summed E-state index contributed by atoms with van der Waals surface area (Å²) >= 11 is 1.64. The second-order valence-electron chi connectivity index (χ2n) is 3.24. The molecule has 0 unspecified atom stereocenters. The molecule has 0 aliphatic rings. The minimum Gasteiger partial charge on any atom is -0.478 e. The van der Waals surface area contributed by atoms with Crippen LogP contribution in [0, 0.1) is 0 Å². The molecule has 0 aliphatic carbocycles. The fraction of sp³-hybridized carbons (Fsp3) is 0. The molecule has 0 amide bonds. The Morgan fingerprint density at radius 1 is 1.19 bits per heavy atom. The molecule has 1 heterocycles. The van der Waals surface area contributed by atoms with Gasteiger partial charge in [0.1, 0.15) is 0 Å². The second kappa shape index (κ2) is 4.77. The molecule has 0 bridgehead atoms. The standard InChI is InChI=1S/C13H10O2S/c14-13(15)8-7-10-4-1-2-5-11(10)12-6-3-9-16-12/h1-9H,(H,14,15)/b8-7+. The van der Waals surface area contributed by atoms with Crippen molar-refractivity contribution in [3.05, 3.63) is 53.4 Å². The maximum Gasteiger partial charge on any atom is 0.328 e. The van der Waals surface area contributed by atoms with E-state index < -0.39 is 5.97 Å². The third kappa shape index (κ3) is 2.38. The van der Waals surface area contributed by atoms with Crippen molar-refractivity contribution in [2.24, 2.45) is 0 Å². The van der Waals surface area contributed by atoms with E-state index in [4.69, 9.17) is 5.11 Å². The Morgan fingerprint density at radius 2 is 2.00 bits per heavy atom. The van der Waals surface area contributed by atoms with Crippen molar-refractivity contribution in [3.63, 3.8) is 0 Å². The number of benzene rings is 1. The van der Waals surface area contributed by atoms with Crippen LogP contribution in [0.3, 0.4) is 0 Å². The zero-order valence-corrected chi connectivity index (χ0v) is 9.28. The molecular formula is C13H10O2S. The molecule has 0 aliphatic heterocycles. The van der Waals surface area contributed by atoms with Gasteiger partial charge in [0.25, 0.3) is 0 Å². The lowest BCUT2D eigenvalue weighted by atomic mass is 10.1. The quantitative estimate of drug-likeness (QED) is 0.819. The minimum absolute atomic E-state index is 0.923. The molecule has 1 aromatic heterocycles. The Balaban J connectivity index is 2.42. The third-order valence-corrected chi connectivity index (χ3v) is 3.06. The number of carboxylic acid groups (broad SMARTS) is 1. The Hall–Kier alpha value is -1.87. The van der Waals surface area contributed by atoms with E-state index >= 15 is 0 Å². The van der Waals surface area contributed by atoms with Crippen molar-refractivity contribution in [2.75, 3.05) is 0 Å². The Bertz CT molecular complexity index is 512. The molecule has 16 heavy (non-hydrogen) atoms. The van der Waals surface area contributed by atoms with Gasteiger partial charge >= 0.3 is 5.97 Å². The summed E-state index contributed by atoms with van der Waals surface area (Å²) in [4.78, 5) is 11.6. The van der Waals surface area contributed by atoms with E-state index in [-0.39, 0.29) is 0 Å². The molecule has 2 rings (SSSR count). The molecule has 80 valence electrons. The molecular weight excluding hydrogens is 220 g/mol. The summed E-state index contributed by atoms with van der Waals surface area (Å²) in [6.07, 6.45) is 2.78. The van der Waals surface area contributed by atoms with Crippen LogP contribution in [0.5, 0.6) is 0 Å². The van der Waals surface area contributed by atoms with E-state index in [2.05, 4.69) is 0 Å². The normalized spacial score (nSPS) is 10.8. The summed E-state index contributed by atoms with van der Waals surface area (Å²) < 4.78 is 0. The van der Waals surface area contributed by atoms with Gasteiger partial charge in [0.05, 0.1) is 0 Å². The van der Waals surface area contributed by atoms with E-state index in [1.165, 1.54) is 0 Å². The van der Waals surface area contributed by atoms with Gasteiger partial charge < -0.3 is 5.11 Å². The summed E-state index contributed by atoms with van der Waals surface area (Å²) in [6.45, 7) is 0. The first kappa shape index (κ1) is 10.6. The summed E-state index contributed by atoms with van der Waals surface area (Å²) in [5.41, 5.74) is 1.99. The van der Waals surface area contributed by atoms with Crippen LogP contribution in [0.1, 0.15) is 5.56 Å². The van der Waals surface area contributed by atoms with Crippen molar-refractivity contribution < 1.29 is 9.90 Å². The number of aliphatic carboxylic acids is 1. The molecule has 0 radical (unpaired) electrons. The lowest BCUT2D eigenvalue weighted by Crippen LogP contribution is -1.86. The summed E-state index contributed by atoms with van der Waals surface area (Å²) in [7, 11) is 0. The zero-order valence-electron chi connectivity index (χ0n) is 8.46. The van der Waals surface area contributed by atoms with Gasteiger partial charge in [-0.3, -0.25) is 0 Å². The molecule has 0 fully saturated rings. The lowest BCUT2D eigenvalue weighted by Gasteiger charge is -2.02. The molecule has 2 aromatic rings. The van der Waals surface area contributed by atoms with Crippen molar-refractivity contribution in [1.29, 1.82) is 0 Å². The smallest absolute Gasteiger partial charge is 0.328 e. The molecule has 2 nitrogen and oxygen atoms in total. The fourth-order valence-corrected chi connectivity index (χ4v) is 2.23. The van der Waals surface area contributed by atoms with Gasteiger partial charge in [0, 0.05) is 11.0 Å². The first-order valence-electron chi connectivity index (χ1n) is 4.81. The molecule has 0 saturated heterocycles. The van der Waals surface area contributed by atoms with Crippen LogP contribution in [-0.2, 0) is 4.79 Å². The largest absolute Gasteiger partial charge is 0.478 e. The molecule has 0 spiro atoms. The highest BCUT2D eigenvalue weighted by atomic mass is 32.1. The predicted molar refractivity (Wildman–Crippen MR) is 66.4 cm³/mol. The van der Waals surface area contributed by atoms with Crippen LogP contribution in [-0.4, -0.2) is 11.1 Å². The molecule has 0 atom stereocenters. The van der Waals surface area contributed by atoms with E-state index in [1.807, 2.05) is 41.8 Å². The average Bonchev–Trinajstić information content (AvgIpc) is 2.80. The summed E-state index contributed by atoms with van der Waals surface area (Å²) in [5, 5.41) is 10.6. The highest BCUT2D eigenvalue weighted by molar-refractivity contribution is 7.13. The number of thiophene rings is 1. The molecule has 3 heteroatoms. The fourth-order valence-electron chi connectivity index (χ4n) is 1.46. The van der Waals surface area contributed by atoms with Crippen LogP contribution in [0.25, 0.3) is 16.5 Å². The number of hydrogen-bond acceptors (Lipinski definition) is 2. The van der Waals surface area contributed by atoms with Gasteiger partial charge in [0.2, 0.25) is 0 Å². The monoisotopic (exact) mass is 230 g/mol. The van der Waals surface area contributed by atoms with Gasteiger partial charge in [0.15, 0.2) is 0 Å². The highest BCUT2D eigenvalue weighted by Gasteiger charge is 2.02. The maximum atomic E-state index is 10.5. The van der Waals surface area contributed by atoms with Crippen LogP contribution >= 0.6 is 11.3 Å². The number of rotatable bonds is 3. The maximum absolute atomic E-state index is 10.5. The number of carboxylic acids is 1. The van der Waals surface area contributed by atoms with Crippen molar-refractivity contribution >= 4 is 23.4 Å². The topological polar surface area (TPSA) is 37.3 Å². The Morgan fingerprint density at radius 3 is 2.69 bits per heavy atom. The summed E-state index contributed by atoms with van der Waals surface area (Å²) in [5.74, 6) is -0.930. The predicted octanol–water partition coefficient (Wildman–Crippen LogP) is 3.51. The first-order valence-corrected chi connectivity index (χ1v) is 5.69. The minimum atomic E-state index is -0.930. The van der Waals surface area contributed by atoms with E-state index in [1.54, 1.807) is 17.4 Å². The van der Waals surface area contributed by atoms with Crippen molar-refractivity contribution in [3.8, 4) is 10.4 Å². The van der Waals surface area contributed by atoms with Gasteiger partial charge in [-0.1, -0.05) is 30.3 Å². The van der Waals surface area contributed by atoms with Gasteiger partial charge in [-0.05, 0) is 28.6 Å². The van der Waals surface area contributed by atoms with E-state index in [0.29, 0.717) is 0 Å². The van der Waals surface area contributed by atoms with E-state index in [9.17, 15) is 4.79 Å². The number of carbonyl (C=O) groups is 1. The zero-order chi connectivity index (χ0) is 11.4. The molecule has 1 N–H and O–H groups in total. The Labute approximate surface area is 97.5 Å². The average molecular weight is 230 g/mol. The van der Waals surface area contributed by atoms with Gasteiger partial charge in [-0.2, -0.15) is 0 Å². The van der Waals surface area contributed by atoms with Crippen LogP contribution < -0.4 is 0 Å². The third-order valence-electron chi connectivity index (χ3n) is 2.15. The second-order valence-corrected chi connectivity index (χ2v) is 4.18. The van der Waals surface area contributed by atoms with Crippen molar-refractivity contribution in [2.45, 2.75) is 0 Å². The van der Waals surface area contributed by atoms with Gasteiger partial charge in [-0.25, -0.2) is 4.79 Å². The van der Waals surface area contributed by atoms with Crippen LogP contribution in [0.4, 0.5) is 0 Å². The van der Waals surface area contributed by atoms with Gasteiger partial charge in [-0.15, -0.1) is 11.3 Å². The van der Waals surface area contributed by atoms with Crippen LogP contribution in [0.2, 0.25) is 0 Å². The number of hydrogen-bond donors (Lipinski definition) is 1. The summed E-state index contributed by atoms with van der Waals surface area (Å²) in [6, 6.07) is 11.8.